The second kappa shape index (κ2) is 4.03. The third kappa shape index (κ3) is 2.16. The number of hydrogen-bond acceptors (Lipinski definition) is 4. The summed E-state index contributed by atoms with van der Waals surface area (Å²) in [7, 11) is 0. The molecule has 56 valence electrons. The Balaban J connectivity index is 2.15. The zero-order valence-corrected chi connectivity index (χ0v) is 5.83. The summed E-state index contributed by atoms with van der Waals surface area (Å²) in [6.07, 6.45) is 3.04. The summed E-state index contributed by atoms with van der Waals surface area (Å²) in [4.78, 5) is 8.61. The van der Waals surface area contributed by atoms with Crippen LogP contribution < -0.4 is 5.48 Å². The lowest BCUT2D eigenvalue weighted by molar-refractivity contribution is 0.0425. The van der Waals surface area contributed by atoms with Gasteiger partial charge in [-0.05, 0) is 6.92 Å². The van der Waals surface area contributed by atoms with E-state index in [9.17, 15) is 0 Å². The predicted molar refractivity (Wildman–Crippen MR) is 35.0 cm³/mol. The van der Waals surface area contributed by atoms with Gasteiger partial charge in [0.05, 0.1) is 19.3 Å². The minimum Gasteiger partial charge on any atom is -0.447 e. The zero-order valence-electron chi connectivity index (χ0n) is 5.83. The first-order valence-electron chi connectivity index (χ1n) is 3.15. The zero-order chi connectivity index (χ0) is 7.23. The molecule has 1 N–H and O–H groups in total. The van der Waals surface area contributed by atoms with Gasteiger partial charge in [0.1, 0.15) is 5.76 Å². The maximum absolute atomic E-state index is 4.93. The molecule has 0 unspecified atom stereocenters. The van der Waals surface area contributed by atoms with Gasteiger partial charge in [-0.25, -0.2) is 4.98 Å². The molecule has 0 aliphatic rings. The molecule has 4 nitrogen and oxygen atoms in total. The number of aromatic nitrogens is 1. The summed E-state index contributed by atoms with van der Waals surface area (Å²) in [5.41, 5.74) is 2.70. The fourth-order valence-electron chi connectivity index (χ4n) is 0.554. The molecule has 0 amide bonds. The molecule has 0 atom stereocenters. The van der Waals surface area contributed by atoms with Gasteiger partial charge < -0.3 is 9.25 Å². The van der Waals surface area contributed by atoms with Crippen LogP contribution in [0.3, 0.4) is 0 Å². The van der Waals surface area contributed by atoms with E-state index in [0.29, 0.717) is 13.2 Å². The third-order valence-corrected chi connectivity index (χ3v) is 0.976. The smallest absolute Gasteiger partial charge is 0.180 e. The Labute approximate surface area is 59.2 Å². The van der Waals surface area contributed by atoms with Crippen LogP contribution >= 0.6 is 0 Å². The summed E-state index contributed by atoms with van der Waals surface area (Å²) >= 11 is 0. The van der Waals surface area contributed by atoms with Gasteiger partial charge in [0.15, 0.2) is 6.39 Å². The van der Waals surface area contributed by atoms with Crippen molar-refractivity contribution in [2.75, 3.05) is 6.61 Å². The second-order valence-electron chi connectivity index (χ2n) is 1.72. The minimum absolute atomic E-state index is 0.563. The van der Waals surface area contributed by atoms with Crippen molar-refractivity contribution < 1.29 is 9.25 Å². The van der Waals surface area contributed by atoms with Crippen molar-refractivity contribution in [1.29, 1.82) is 0 Å². The third-order valence-electron chi connectivity index (χ3n) is 0.976. The minimum atomic E-state index is 0.563. The van der Waals surface area contributed by atoms with Crippen molar-refractivity contribution in [2.45, 2.75) is 13.5 Å². The molecule has 10 heavy (non-hydrogen) atoms. The van der Waals surface area contributed by atoms with Crippen LogP contribution in [0.4, 0.5) is 0 Å². The molecule has 1 aromatic heterocycles. The largest absolute Gasteiger partial charge is 0.447 e. The molecule has 0 aliphatic carbocycles. The number of oxazole rings is 1. The van der Waals surface area contributed by atoms with Crippen LogP contribution in [0.1, 0.15) is 12.7 Å². The standard InChI is InChI=1S/C6H10N2O2/c1-2-10-8-4-6-3-7-5-9-6/h3,5,8H,2,4H2,1H3. The fraction of sp³-hybridized carbons (Fsp3) is 0.500. The van der Waals surface area contributed by atoms with Crippen molar-refractivity contribution >= 4 is 0 Å². The Morgan fingerprint density at radius 1 is 1.80 bits per heavy atom. The van der Waals surface area contributed by atoms with Crippen molar-refractivity contribution in [3.63, 3.8) is 0 Å². The van der Waals surface area contributed by atoms with Crippen molar-refractivity contribution in [3.05, 3.63) is 18.4 Å². The van der Waals surface area contributed by atoms with Gasteiger partial charge in [-0.3, -0.25) is 0 Å². The van der Waals surface area contributed by atoms with Crippen molar-refractivity contribution in [1.82, 2.24) is 10.5 Å². The summed E-state index contributed by atoms with van der Waals surface area (Å²) in [5.74, 6) is 0.772. The molecular weight excluding hydrogens is 132 g/mol. The Morgan fingerprint density at radius 3 is 3.30 bits per heavy atom. The molecule has 4 heteroatoms. The van der Waals surface area contributed by atoms with E-state index in [2.05, 4.69) is 10.5 Å². The van der Waals surface area contributed by atoms with Crippen LogP contribution in [0.15, 0.2) is 17.0 Å². The van der Waals surface area contributed by atoms with Crippen LogP contribution in [0, 0.1) is 0 Å². The van der Waals surface area contributed by atoms with Gasteiger partial charge in [0.25, 0.3) is 0 Å². The molecule has 0 radical (unpaired) electrons. The van der Waals surface area contributed by atoms with E-state index in [0.717, 1.165) is 5.76 Å². The number of nitrogens with zero attached hydrogens (tertiary/aromatic N) is 1. The molecule has 0 saturated carbocycles. The van der Waals surface area contributed by atoms with Crippen LogP contribution in [0.5, 0.6) is 0 Å². The van der Waals surface area contributed by atoms with Crippen molar-refractivity contribution in [3.8, 4) is 0 Å². The van der Waals surface area contributed by atoms with E-state index >= 15 is 0 Å². The van der Waals surface area contributed by atoms with Gasteiger partial charge in [0, 0.05) is 0 Å². The van der Waals surface area contributed by atoms with Gasteiger partial charge in [-0.15, -0.1) is 0 Å². The Kier molecular flexibility index (Phi) is 2.92. The molecule has 0 fully saturated rings. The fourth-order valence-corrected chi connectivity index (χ4v) is 0.554. The SMILES string of the molecule is CCONCc1cnco1. The highest BCUT2D eigenvalue weighted by Crippen LogP contribution is 1.93. The summed E-state index contributed by atoms with van der Waals surface area (Å²) in [6, 6.07) is 0. The van der Waals surface area contributed by atoms with Crippen LogP contribution in [-0.4, -0.2) is 11.6 Å². The highest BCUT2D eigenvalue weighted by atomic mass is 16.6. The van der Waals surface area contributed by atoms with E-state index in [1.165, 1.54) is 6.39 Å². The molecule has 0 aromatic carbocycles. The maximum atomic E-state index is 4.93. The molecule has 1 heterocycles. The second-order valence-corrected chi connectivity index (χ2v) is 1.72. The monoisotopic (exact) mass is 142 g/mol. The van der Waals surface area contributed by atoms with E-state index in [1.54, 1.807) is 6.20 Å². The molecule has 0 bridgehead atoms. The first kappa shape index (κ1) is 7.24. The average Bonchev–Trinajstić information content (AvgIpc) is 2.41. The van der Waals surface area contributed by atoms with Gasteiger partial charge in [-0.1, -0.05) is 0 Å². The quantitative estimate of drug-likeness (QED) is 0.497. The highest BCUT2D eigenvalue weighted by molar-refractivity contribution is 4.85. The van der Waals surface area contributed by atoms with Gasteiger partial charge in [-0.2, -0.15) is 5.48 Å². The van der Waals surface area contributed by atoms with Gasteiger partial charge >= 0.3 is 0 Å². The number of hydroxylamine groups is 1. The molecule has 1 rings (SSSR count). The van der Waals surface area contributed by atoms with E-state index in [4.69, 9.17) is 9.25 Å². The highest BCUT2D eigenvalue weighted by Gasteiger charge is 1.92. The number of nitrogens with one attached hydrogen (secondary N) is 1. The molecule has 1 aromatic rings. The topological polar surface area (TPSA) is 47.3 Å². The molecular formula is C6H10N2O2. The normalized spacial score (nSPS) is 10.1. The lowest BCUT2D eigenvalue weighted by Crippen LogP contribution is -2.12. The molecule has 0 spiro atoms. The van der Waals surface area contributed by atoms with Crippen molar-refractivity contribution in [2.24, 2.45) is 0 Å². The maximum Gasteiger partial charge on any atom is 0.180 e. The summed E-state index contributed by atoms with van der Waals surface area (Å²) < 4.78 is 4.93. The summed E-state index contributed by atoms with van der Waals surface area (Å²) in [5, 5.41) is 0. The molecule has 0 aliphatic heterocycles. The molecule has 0 saturated heterocycles. The lowest BCUT2D eigenvalue weighted by Gasteiger charge is -1.98. The first-order chi connectivity index (χ1) is 4.93. The number of hydrogen-bond donors (Lipinski definition) is 1. The number of rotatable bonds is 4. The predicted octanol–water partition coefficient (Wildman–Crippen LogP) is 0.716. The Hall–Kier alpha value is -0.870. The van der Waals surface area contributed by atoms with E-state index in [-0.39, 0.29) is 0 Å². The average molecular weight is 142 g/mol. The van der Waals surface area contributed by atoms with Gasteiger partial charge in [0.2, 0.25) is 0 Å². The van der Waals surface area contributed by atoms with E-state index in [1.807, 2.05) is 6.92 Å². The van der Waals surface area contributed by atoms with Crippen LogP contribution in [-0.2, 0) is 11.4 Å². The van der Waals surface area contributed by atoms with E-state index < -0.39 is 0 Å². The Bertz CT molecular complexity index is 162. The lowest BCUT2D eigenvalue weighted by atomic mass is 10.5. The van der Waals surface area contributed by atoms with Crippen LogP contribution in [0.2, 0.25) is 0 Å². The Morgan fingerprint density at radius 2 is 2.70 bits per heavy atom. The summed E-state index contributed by atoms with van der Waals surface area (Å²) in [6.45, 7) is 3.12. The first-order valence-corrected chi connectivity index (χ1v) is 3.15. The van der Waals surface area contributed by atoms with Crippen LogP contribution in [0.25, 0.3) is 0 Å².